The Balaban J connectivity index is 1.99. The molecule has 1 aliphatic heterocycles. The third kappa shape index (κ3) is 3.32. The van der Waals surface area contributed by atoms with Crippen molar-refractivity contribution in [3.8, 4) is 0 Å². The molecule has 2 unspecified atom stereocenters. The summed E-state index contributed by atoms with van der Waals surface area (Å²) in [7, 11) is 0. The average Bonchev–Trinajstić information content (AvgIpc) is 2.29. The Morgan fingerprint density at radius 1 is 1.29 bits per heavy atom. The van der Waals surface area contributed by atoms with Crippen LogP contribution < -0.4 is 0 Å². The molecule has 1 nitrogen and oxygen atoms in total. The van der Waals surface area contributed by atoms with E-state index in [4.69, 9.17) is 0 Å². The Kier molecular flexibility index (Phi) is 4.26. The highest BCUT2D eigenvalue weighted by atomic mass is 79.9. The minimum atomic E-state index is 0.655. The van der Waals surface area contributed by atoms with Gasteiger partial charge < -0.3 is 0 Å². The van der Waals surface area contributed by atoms with Gasteiger partial charge in [0, 0.05) is 17.9 Å². The van der Waals surface area contributed by atoms with Gasteiger partial charge in [-0.05, 0) is 49.4 Å². The van der Waals surface area contributed by atoms with E-state index in [1.54, 1.807) is 0 Å². The molecule has 2 rings (SSSR count). The summed E-state index contributed by atoms with van der Waals surface area (Å²) in [6.07, 6.45) is 1.31. The van der Waals surface area contributed by atoms with Gasteiger partial charge in [-0.3, -0.25) is 4.90 Å². The minimum absolute atomic E-state index is 0.655. The van der Waals surface area contributed by atoms with Gasteiger partial charge in [-0.2, -0.15) is 0 Å². The molecule has 1 saturated heterocycles. The largest absolute Gasteiger partial charge is 0.298 e. The van der Waals surface area contributed by atoms with Gasteiger partial charge in [0.1, 0.15) is 0 Å². The monoisotopic (exact) mass is 295 g/mol. The van der Waals surface area contributed by atoms with E-state index in [-0.39, 0.29) is 0 Å². The van der Waals surface area contributed by atoms with Gasteiger partial charge in [0.2, 0.25) is 0 Å². The topological polar surface area (TPSA) is 3.24 Å². The molecule has 0 spiro atoms. The van der Waals surface area contributed by atoms with E-state index in [1.165, 1.54) is 36.2 Å². The zero-order chi connectivity index (χ0) is 12.4. The Bertz CT molecular complexity index is 389. The number of halogens is 1. The van der Waals surface area contributed by atoms with Crippen LogP contribution in [0.5, 0.6) is 0 Å². The van der Waals surface area contributed by atoms with Crippen molar-refractivity contribution in [2.75, 3.05) is 13.1 Å². The first-order valence-corrected chi connectivity index (χ1v) is 7.40. The van der Waals surface area contributed by atoms with E-state index in [0.29, 0.717) is 4.83 Å². The van der Waals surface area contributed by atoms with Gasteiger partial charge in [-0.15, -0.1) is 0 Å². The maximum absolute atomic E-state index is 3.79. The first kappa shape index (κ1) is 13.1. The maximum atomic E-state index is 3.79. The molecular weight excluding hydrogens is 274 g/mol. The SMILES string of the molecule is Cc1ccc(CN2CCC(C)C(Br)C2)cc1C. The van der Waals surface area contributed by atoms with Gasteiger partial charge >= 0.3 is 0 Å². The van der Waals surface area contributed by atoms with Crippen LogP contribution in [0.2, 0.25) is 0 Å². The van der Waals surface area contributed by atoms with Crippen molar-refractivity contribution < 1.29 is 0 Å². The molecule has 0 radical (unpaired) electrons. The lowest BCUT2D eigenvalue weighted by Crippen LogP contribution is -2.39. The van der Waals surface area contributed by atoms with E-state index >= 15 is 0 Å². The van der Waals surface area contributed by atoms with Gasteiger partial charge in [0.15, 0.2) is 0 Å². The summed E-state index contributed by atoms with van der Waals surface area (Å²) >= 11 is 3.79. The number of piperidine rings is 1. The molecule has 94 valence electrons. The normalized spacial score (nSPS) is 26.1. The van der Waals surface area contributed by atoms with Crippen LogP contribution in [0.4, 0.5) is 0 Å². The quantitative estimate of drug-likeness (QED) is 0.748. The first-order valence-electron chi connectivity index (χ1n) is 6.49. The summed E-state index contributed by atoms with van der Waals surface area (Å²) in [6.45, 7) is 10.2. The number of rotatable bonds is 2. The fourth-order valence-corrected chi connectivity index (χ4v) is 3.06. The number of likely N-dealkylation sites (tertiary alicyclic amines) is 1. The molecule has 1 aromatic rings. The summed E-state index contributed by atoms with van der Waals surface area (Å²) < 4.78 is 0. The highest BCUT2D eigenvalue weighted by Gasteiger charge is 2.23. The zero-order valence-electron chi connectivity index (χ0n) is 11.0. The third-order valence-electron chi connectivity index (χ3n) is 3.93. The molecule has 0 amide bonds. The van der Waals surface area contributed by atoms with Crippen molar-refractivity contribution in [2.24, 2.45) is 5.92 Å². The van der Waals surface area contributed by atoms with Crippen LogP contribution in [0.3, 0.4) is 0 Å². The molecule has 0 aliphatic carbocycles. The van der Waals surface area contributed by atoms with Crippen molar-refractivity contribution in [3.05, 3.63) is 34.9 Å². The predicted octanol–water partition coefficient (Wildman–Crippen LogP) is 3.91. The van der Waals surface area contributed by atoms with Gasteiger partial charge in [-0.1, -0.05) is 41.1 Å². The molecule has 1 fully saturated rings. The highest BCUT2D eigenvalue weighted by molar-refractivity contribution is 9.09. The number of nitrogens with zero attached hydrogens (tertiary/aromatic N) is 1. The number of aryl methyl sites for hydroxylation is 2. The van der Waals surface area contributed by atoms with Gasteiger partial charge in [0.25, 0.3) is 0 Å². The summed E-state index contributed by atoms with van der Waals surface area (Å²) in [5.41, 5.74) is 4.24. The fraction of sp³-hybridized carbons (Fsp3) is 0.600. The number of hydrogen-bond acceptors (Lipinski definition) is 1. The van der Waals surface area contributed by atoms with Crippen molar-refractivity contribution >= 4 is 15.9 Å². The standard InChI is InChI=1S/C15H22BrN/c1-11-4-5-14(8-13(11)3)9-17-7-6-12(2)15(16)10-17/h4-5,8,12,15H,6-7,9-10H2,1-3H3. The molecule has 2 atom stereocenters. The Morgan fingerprint density at radius 3 is 2.71 bits per heavy atom. The molecule has 0 N–H and O–H groups in total. The van der Waals surface area contributed by atoms with Crippen molar-refractivity contribution in [2.45, 2.75) is 38.6 Å². The van der Waals surface area contributed by atoms with Crippen LogP contribution in [0.1, 0.15) is 30.0 Å². The zero-order valence-corrected chi connectivity index (χ0v) is 12.6. The first-order chi connectivity index (χ1) is 8.06. The maximum Gasteiger partial charge on any atom is 0.0299 e. The highest BCUT2D eigenvalue weighted by Crippen LogP contribution is 2.24. The smallest absolute Gasteiger partial charge is 0.0299 e. The Hall–Kier alpha value is -0.340. The second kappa shape index (κ2) is 5.53. The summed E-state index contributed by atoms with van der Waals surface area (Å²) in [6, 6.07) is 6.84. The predicted molar refractivity (Wildman–Crippen MR) is 77.7 cm³/mol. The van der Waals surface area contributed by atoms with Gasteiger partial charge in [0.05, 0.1) is 0 Å². The summed E-state index contributed by atoms with van der Waals surface area (Å²) in [5, 5.41) is 0. The Morgan fingerprint density at radius 2 is 2.06 bits per heavy atom. The third-order valence-corrected chi connectivity index (χ3v) is 5.12. The van der Waals surface area contributed by atoms with E-state index in [9.17, 15) is 0 Å². The molecule has 0 saturated carbocycles. The molecule has 0 bridgehead atoms. The molecule has 1 heterocycles. The number of alkyl halides is 1. The Labute approximate surface area is 113 Å². The van der Waals surface area contributed by atoms with Crippen LogP contribution >= 0.6 is 15.9 Å². The second-order valence-corrected chi connectivity index (χ2v) is 6.61. The minimum Gasteiger partial charge on any atom is -0.298 e. The molecule has 2 heteroatoms. The van der Waals surface area contributed by atoms with Crippen molar-refractivity contribution in [1.82, 2.24) is 4.90 Å². The lowest BCUT2D eigenvalue weighted by molar-refractivity contribution is 0.194. The lowest BCUT2D eigenvalue weighted by atomic mass is 9.98. The molecule has 17 heavy (non-hydrogen) atoms. The van der Waals surface area contributed by atoms with Crippen LogP contribution in [0.25, 0.3) is 0 Å². The number of benzene rings is 1. The van der Waals surface area contributed by atoms with Crippen LogP contribution in [-0.2, 0) is 6.54 Å². The van der Waals surface area contributed by atoms with Crippen LogP contribution in [0.15, 0.2) is 18.2 Å². The van der Waals surface area contributed by atoms with E-state index in [0.717, 1.165) is 12.5 Å². The van der Waals surface area contributed by atoms with E-state index < -0.39 is 0 Å². The second-order valence-electron chi connectivity index (χ2n) is 5.44. The van der Waals surface area contributed by atoms with Crippen LogP contribution in [0, 0.1) is 19.8 Å². The fourth-order valence-electron chi connectivity index (χ4n) is 2.39. The van der Waals surface area contributed by atoms with Crippen LogP contribution in [-0.4, -0.2) is 22.8 Å². The van der Waals surface area contributed by atoms with Crippen molar-refractivity contribution in [3.63, 3.8) is 0 Å². The summed E-state index contributed by atoms with van der Waals surface area (Å²) in [4.78, 5) is 3.21. The molecular formula is C15H22BrN. The van der Waals surface area contributed by atoms with E-state index in [1.807, 2.05) is 0 Å². The summed E-state index contributed by atoms with van der Waals surface area (Å²) in [5.74, 6) is 0.811. The lowest BCUT2D eigenvalue weighted by Gasteiger charge is -2.34. The number of hydrogen-bond donors (Lipinski definition) is 0. The average molecular weight is 296 g/mol. The van der Waals surface area contributed by atoms with E-state index in [2.05, 4.69) is 59.8 Å². The van der Waals surface area contributed by atoms with Crippen molar-refractivity contribution in [1.29, 1.82) is 0 Å². The molecule has 1 aromatic carbocycles. The molecule has 1 aliphatic rings. The molecule has 0 aromatic heterocycles. The van der Waals surface area contributed by atoms with Gasteiger partial charge in [-0.25, -0.2) is 0 Å².